The van der Waals surface area contributed by atoms with Gasteiger partial charge in [-0.3, -0.25) is 0 Å². The Labute approximate surface area is 125 Å². The normalized spacial score (nSPS) is 12.8. The summed E-state index contributed by atoms with van der Waals surface area (Å²) in [6.07, 6.45) is 0.690. The molecule has 0 radical (unpaired) electrons. The molecule has 1 atom stereocenters. The van der Waals surface area contributed by atoms with Crippen LogP contribution in [-0.2, 0) is 17.7 Å². The minimum atomic E-state index is 0.277. The Balaban J connectivity index is 1.88. The molecule has 0 spiro atoms. The van der Waals surface area contributed by atoms with Crippen LogP contribution in [0.1, 0.15) is 31.1 Å². The lowest BCUT2D eigenvalue weighted by molar-refractivity contribution is 0.144. The van der Waals surface area contributed by atoms with Crippen LogP contribution in [0.2, 0.25) is 0 Å². The van der Waals surface area contributed by atoms with Gasteiger partial charge in [0.1, 0.15) is 0 Å². The molecule has 2 aromatic rings. The highest BCUT2D eigenvalue weighted by Crippen LogP contribution is 2.08. The molecule has 5 heteroatoms. The number of ether oxygens (including phenoxy) is 1. The number of hydrogen-bond acceptors (Lipinski definition) is 5. The fourth-order valence-electron chi connectivity index (χ4n) is 2.10. The zero-order valence-corrected chi connectivity index (χ0v) is 12.9. The number of rotatable bonds is 8. The second kappa shape index (κ2) is 7.90. The first-order chi connectivity index (χ1) is 10.2. The van der Waals surface area contributed by atoms with E-state index in [4.69, 9.17) is 9.26 Å². The molecule has 1 N–H and O–H groups in total. The summed E-state index contributed by atoms with van der Waals surface area (Å²) in [4.78, 5) is 4.42. The van der Waals surface area contributed by atoms with E-state index >= 15 is 0 Å². The van der Waals surface area contributed by atoms with Gasteiger partial charge in [0.2, 0.25) is 5.89 Å². The van der Waals surface area contributed by atoms with Crippen LogP contribution in [0, 0.1) is 5.92 Å². The maximum absolute atomic E-state index is 5.28. The van der Waals surface area contributed by atoms with Crippen molar-refractivity contribution in [3.63, 3.8) is 0 Å². The van der Waals surface area contributed by atoms with Gasteiger partial charge in [0, 0.05) is 19.6 Å². The Morgan fingerprint density at radius 1 is 1.24 bits per heavy atom. The Kier molecular flexibility index (Phi) is 5.90. The van der Waals surface area contributed by atoms with E-state index in [9.17, 15) is 0 Å². The molecule has 0 aliphatic rings. The summed E-state index contributed by atoms with van der Waals surface area (Å²) in [6.45, 7) is 5.55. The van der Waals surface area contributed by atoms with Crippen molar-refractivity contribution in [2.24, 2.45) is 5.92 Å². The largest absolute Gasteiger partial charge is 0.383 e. The Morgan fingerprint density at radius 2 is 2.00 bits per heavy atom. The third-order valence-corrected chi connectivity index (χ3v) is 3.38. The number of methoxy groups -OCH3 is 1. The van der Waals surface area contributed by atoms with Crippen LogP contribution in [0.5, 0.6) is 0 Å². The van der Waals surface area contributed by atoms with E-state index in [1.54, 1.807) is 7.11 Å². The number of nitrogens with zero attached hydrogens (tertiary/aromatic N) is 2. The van der Waals surface area contributed by atoms with Gasteiger partial charge in [-0.15, -0.1) is 0 Å². The molecule has 0 saturated heterocycles. The van der Waals surface area contributed by atoms with Crippen molar-refractivity contribution in [2.45, 2.75) is 32.9 Å². The molecular weight excluding hydrogens is 266 g/mol. The Morgan fingerprint density at radius 3 is 2.67 bits per heavy atom. The minimum absolute atomic E-state index is 0.277. The fraction of sp³-hybridized carbons (Fsp3) is 0.500. The maximum atomic E-state index is 5.28. The van der Waals surface area contributed by atoms with Crippen molar-refractivity contribution in [1.82, 2.24) is 15.5 Å². The Bertz CT molecular complexity index is 525. The summed E-state index contributed by atoms with van der Waals surface area (Å²) in [5, 5.41) is 7.42. The van der Waals surface area contributed by atoms with Gasteiger partial charge in [0.05, 0.1) is 13.2 Å². The molecule has 1 aromatic heterocycles. The highest BCUT2D eigenvalue weighted by Gasteiger charge is 2.14. The van der Waals surface area contributed by atoms with Crippen molar-refractivity contribution >= 4 is 0 Å². The van der Waals surface area contributed by atoms with E-state index in [2.05, 4.69) is 41.4 Å². The van der Waals surface area contributed by atoms with E-state index in [0.717, 1.165) is 0 Å². The molecule has 5 nitrogen and oxygen atoms in total. The van der Waals surface area contributed by atoms with Crippen LogP contribution in [0.25, 0.3) is 0 Å². The van der Waals surface area contributed by atoms with Crippen LogP contribution in [0.3, 0.4) is 0 Å². The summed E-state index contributed by atoms with van der Waals surface area (Å²) in [7, 11) is 1.71. The van der Waals surface area contributed by atoms with Gasteiger partial charge >= 0.3 is 0 Å². The summed E-state index contributed by atoms with van der Waals surface area (Å²) in [6, 6.07) is 10.4. The van der Waals surface area contributed by atoms with Crippen molar-refractivity contribution in [3.8, 4) is 0 Å². The molecule has 0 aliphatic carbocycles. The maximum Gasteiger partial charge on any atom is 0.240 e. The van der Waals surface area contributed by atoms with Crippen molar-refractivity contribution in [2.75, 3.05) is 13.7 Å². The summed E-state index contributed by atoms with van der Waals surface area (Å²) >= 11 is 0. The smallest absolute Gasteiger partial charge is 0.240 e. The molecular formula is C16H23N3O2. The van der Waals surface area contributed by atoms with Gasteiger partial charge in [-0.05, 0) is 11.5 Å². The van der Waals surface area contributed by atoms with Gasteiger partial charge in [-0.25, -0.2) is 0 Å². The lowest BCUT2D eigenvalue weighted by Crippen LogP contribution is -2.37. The number of hydrogen-bond donors (Lipinski definition) is 1. The fourth-order valence-corrected chi connectivity index (χ4v) is 2.10. The highest BCUT2D eigenvalue weighted by atomic mass is 16.5. The first-order valence-corrected chi connectivity index (χ1v) is 7.26. The van der Waals surface area contributed by atoms with Gasteiger partial charge < -0.3 is 14.6 Å². The third-order valence-electron chi connectivity index (χ3n) is 3.38. The zero-order chi connectivity index (χ0) is 15.1. The summed E-state index contributed by atoms with van der Waals surface area (Å²) < 4.78 is 10.5. The van der Waals surface area contributed by atoms with Gasteiger partial charge in [-0.1, -0.05) is 49.3 Å². The predicted octanol–water partition coefficient (Wildman–Crippen LogP) is 2.42. The van der Waals surface area contributed by atoms with Crippen molar-refractivity contribution in [1.29, 1.82) is 0 Å². The lowest BCUT2D eigenvalue weighted by atomic mass is 10.1. The molecule has 2 rings (SSSR count). The first-order valence-electron chi connectivity index (χ1n) is 7.26. The molecule has 0 amide bonds. The zero-order valence-electron chi connectivity index (χ0n) is 12.9. The standard InChI is InChI=1S/C16H23N3O2/c1-12(2)14(11-20-3)17-10-16-18-15(19-21-16)9-13-7-5-4-6-8-13/h4-8,12,14,17H,9-11H2,1-3H3. The predicted molar refractivity (Wildman–Crippen MR) is 80.9 cm³/mol. The van der Waals surface area contributed by atoms with Crippen LogP contribution in [0.15, 0.2) is 34.9 Å². The van der Waals surface area contributed by atoms with E-state index in [1.165, 1.54) is 5.56 Å². The average Bonchev–Trinajstić information content (AvgIpc) is 2.92. The monoisotopic (exact) mass is 289 g/mol. The molecule has 0 saturated carbocycles. The molecule has 1 aromatic carbocycles. The van der Waals surface area contributed by atoms with E-state index in [0.29, 0.717) is 37.2 Å². The molecule has 114 valence electrons. The minimum Gasteiger partial charge on any atom is -0.383 e. The van der Waals surface area contributed by atoms with E-state index < -0.39 is 0 Å². The second-order valence-electron chi connectivity index (χ2n) is 5.45. The van der Waals surface area contributed by atoms with Crippen LogP contribution < -0.4 is 5.32 Å². The molecule has 1 unspecified atom stereocenters. The number of aromatic nitrogens is 2. The van der Waals surface area contributed by atoms with Crippen LogP contribution in [0.4, 0.5) is 0 Å². The highest BCUT2D eigenvalue weighted by molar-refractivity contribution is 5.18. The van der Waals surface area contributed by atoms with Crippen LogP contribution in [-0.4, -0.2) is 29.9 Å². The molecule has 0 bridgehead atoms. The molecule has 0 aliphatic heterocycles. The summed E-state index contributed by atoms with van der Waals surface area (Å²) in [5.74, 6) is 1.81. The van der Waals surface area contributed by atoms with Crippen molar-refractivity contribution < 1.29 is 9.26 Å². The number of nitrogens with one attached hydrogen (secondary N) is 1. The van der Waals surface area contributed by atoms with Gasteiger partial charge in [0.25, 0.3) is 0 Å². The van der Waals surface area contributed by atoms with E-state index in [1.807, 2.05) is 18.2 Å². The third kappa shape index (κ3) is 4.95. The average molecular weight is 289 g/mol. The topological polar surface area (TPSA) is 60.2 Å². The Hall–Kier alpha value is -1.72. The first kappa shape index (κ1) is 15.7. The molecule has 1 heterocycles. The SMILES string of the molecule is COCC(NCc1nc(Cc2ccccc2)no1)C(C)C. The van der Waals surface area contributed by atoms with Crippen LogP contribution >= 0.6 is 0 Å². The van der Waals surface area contributed by atoms with Crippen molar-refractivity contribution in [3.05, 3.63) is 47.6 Å². The summed E-state index contributed by atoms with van der Waals surface area (Å²) in [5.41, 5.74) is 1.18. The lowest BCUT2D eigenvalue weighted by Gasteiger charge is -2.20. The quantitative estimate of drug-likeness (QED) is 0.808. The molecule has 0 fully saturated rings. The second-order valence-corrected chi connectivity index (χ2v) is 5.45. The van der Waals surface area contributed by atoms with Gasteiger partial charge in [0.15, 0.2) is 5.82 Å². The van der Waals surface area contributed by atoms with Gasteiger partial charge in [-0.2, -0.15) is 4.98 Å². The van der Waals surface area contributed by atoms with E-state index in [-0.39, 0.29) is 6.04 Å². The number of benzene rings is 1. The molecule has 21 heavy (non-hydrogen) atoms.